The highest BCUT2D eigenvalue weighted by Crippen LogP contribution is 2.14. The van der Waals surface area contributed by atoms with E-state index >= 15 is 0 Å². The number of aromatic nitrogens is 1. The lowest BCUT2D eigenvalue weighted by Crippen LogP contribution is -2.39. The standard InChI is InChI=1S/C14H25BrN4.HI/c1-5-6-7-8-17-14(16-2)19(4)11-13-9-12(15)10-18(13)3;/h9-10H,5-8,11H2,1-4H3,(H,16,17);1H. The highest BCUT2D eigenvalue weighted by Gasteiger charge is 2.09. The molecule has 0 radical (unpaired) electrons. The molecule has 0 amide bonds. The number of nitrogens with zero attached hydrogens (tertiary/aromatic N) is 3. The molecule has 1 aromatic rings. The molecule has 20 heavy (non-hydrogen) atoms. The molecule has 0 aliphatic rings. The van der Waals surface area contributed by atoms with Crippen molar-refractivity contribution in [2.24, 2.45) is 12.0 Å². The van der Waals surface area contributed by atoms with Gasteiger partial charge in [0.25, 0.3) is 0 Å². The smallest absolute Gasteiger partial charge is 0.193 e. The molecule has 0 bridgehead atoms. The number of guanidine groups is 1. The van der Waals surface area contributed by atoms with Gasteiger partial charge < -0.3 is 14.8 Å². The number of nitrogens with one attached hydrogen (secondary N) is 1. The maximum absolute atomic E-state index is 4.33. The fourth-order valence-corrected chi connectivity index (χ4v) is 2.57. The Balaban J connectivity index is 0.00000361. The maximum Gasteiger partial charge on any atom is 0.193 e. The zero-order valence-corrected chi connectivity index (χ0v) is 16.7. The minimum absolute atomic E-state index is 0. The number of unbranched alkanes of at least 4 members (excludes halogenated alkanes) is 2. The number of aliphatic imine (C=N–C) groups is 1. The molecule has 0 saturated heterocycles. The summed E-state index contributed by atoms with van der Waals surface area (Å²) < 4.78 is 3.24. The van der Waals surface area contributed by atoms with Gasteiger partial charge in [0.1, 0.15) is 0 Å². The van der Waals surface area contributed by atoms with Crippen LogP contribution in [0.1, 0.15) is 31.9 Å². The molecule has 0 atom stereocenters. The van der Waals surface area contributed by atoms with Crippen molar-refractivity contribution in [3.05, 3.63) is 22.4 Å². The maximum atomic E-state index is 4.33. The molecule has 0 saturated carbocycles. The van der Waals surface area contributed by atoms with E-state index in [0.717, 1.165) is 23.5 Å². The molecule has 1 rings (SSSR count). The van der Waals surface area contributed by atoms with Gasteiger partial charge in [-0.05, 0) is 28.4 Å². The summed E-state index contributed by atoms with van der Waals surface area (Å²) in [4.78, 5) is 6.48. The first-order valence-corrected chi connectivity index (χ1v) is 7.60. The summed E-state index contributed by atoms with van der Waals surface area (Å²) in [5, 5.41) is 3.41. The predicted molar refractivity (Wildman–Crippen MR) is 101 cm³/mol. The summed E-state index contributed by atoms with van der Waals surface area (Å²) >= 11 is 3.50. The second-order valence-electron chi connectivity index (χ2n) is 4.80. The van der Waals surface area contributed by atoms with Crippen molar-refractivity contribution in [2.45, 2.75) is 32.7 Å². The predicted octanol–water partition coefficient (Wildman–Crippen LogP) is 3.60. The van der Waals surface area contributed by atoms with Crippen molar-refractivity contribution in [3.8, 4) is 0 Å². The van der Waals surface area contributed by atoms with Crippen molar-refractivity contribution in [1.82, 2.24) is 14.8 Å². The number of hydrogen-bond donors (Lipinski definition) is 1. The van der Waals surface area contributed by atoms with Gasteiger partial charge in [0.05, 0.1) is 6.54 Å². The molecule has 1 N–H and O–H groups in total. The second kappa shape index (κ2) is 10.5. The zero-order valence-electron chi connectivity index (χ0n) is 12.8. The van der Waals surface area contributed by atoms with E-state index in [1.165, 1.54) is 25.0 Å². The van der Waals surface area contributed by atoms with Crippen molar-refractivity contribution in [2.75, 3.05) is 20.6 Å². The molecule has 1 heterocycles. The van der Waals surface area contributed by atoms with E-state index in [4.69, 9.17) is 0 Å². The second-order valence-corrected chi connectivity index (χ2v) is 5.71. The van der Waals surface area contributed by atoms with Gasteiger partial charge >= 0.3 is 0 Å². The molecule has 4 nitrogen and oxygen atoms in total. The van der Waals surface area contributed by atoms with Gasteiger partial charge in [-0.3, -0.25) is 4.99 Å². The van der Waals surface area contributed by atoms with Gasteiger partial charge in [-0.25, -0.2) is 0 Å². The fourth-order valence-electron chi connectivity index (χ4n) is 2.00. The molecule has 0 aliphatic carbocycles. The van der Waals surface area contributed by atoms with Crippen LogP contribution in [0.4, 0.5) is 0 Å². The van der Waals surface area contributed by atoms with E-state index in [-0.39, 0.29) is 24.0 Å². The Bertz CT molecular complexity index is 417. The fraction of sp³-hybridized carbons (Fsp3) is 0.643. The summed E-state index contributed by atoms with van der Waals surface area (Å²) in [6.45, 7) is 4.05. The van der Waals surface area contributed by atoms with Gasteiger partial charge in [0, 0.05) is 44.1 Å². The topological polar surface area (TPSA) is 32.6 Å². The third kappa shape index (κ3) is 6.47. The minimum atomic E-state index is 0. The third-order valence-electron chi connectivity index (χ3n) is 3.11. The molecule has 0 fully saturated rings. The van der Waals surface area contributed by atoms with Gasteiger partial charge in [-0.15, -0.1) is 24.0 Å². The molecular weight excluding hydrogens is 431 g/mol. The van der Waals surface area contributed by atoms with Crippen LogP contribution in [0.5, 0.6) is 0 Å². The Morgan fingerprint density at radius 2 is 2.15 bits per heavy atom. The monoisotopic (exact) mass is 456 g/mol. The first kappa shape index (κ1) is 19.8. The van der Waals surface area contributed by atoms with Crippen molar-refractivity contribution in [1.29, 1.82) is 0 Å². The first-order chi connectivity index (χ1) is 9.08. The Hall–Kier alpha value is -0.240. The van der Waals surface area contributed by atoms with Gasteiger partial charge in [0.15, 0.2) is 5.96 Å². The summed E-state index contributed by atoms with van der Waals surface area (Å²) in [5.41, 5.74) is 1.26. The highest BCUT2D eigenvalue weighted by molar-refractivity contribution is 14.0. The third-order valence-corrected chi connectivity index (χ3v) is 3.54. The Morgan fingerprint density at radius 1 is 1.45 bits per heavy atom. The van der Waals surface area contributed by atoms with Crippen LogP contribution < -0.4 is 5.32 Å². The number of hydrogen-bond acceptors (Lipinski definition) is 1. The normalized spacial score (nSPS) is 11.2. The summed E-state index contributed by atoms with van der Waals surface area (Å²) in [5.74, 6) is 0.952. The van der Waals surface area contributed by atoms with Crippen LogP contribution in [0, 0.1) is 0 Å². The number of aryl methyl sites for hydroxylation is 1. The largest absolute Gasteiger partial charge is 0.356 e. The average Bonchev–Trinajstić information content (AvgIpc) is 2.68. The molecular formula is C14H26BrIN4. The summed E-state index contributed by atoms with van der Waals surface area (Å²) in [6, 6.07) is 2.14. The van der Waals surface area contributed by atoms with Gasteiger partial charge in [-0.2, -0.15) is 0 Å². The van der Waals surface area contributed by atoms with Crippen molar-refractivity contribution >= 4 is 45.9 Å². The van der Waals surface area contributed by atoms with E-state index in [1.54, 1.807) is 0 Å². The Kier molecular flexibility index (Phi) is 10.4. The molecule has 6 heteroatoms. The lowest BCUT2D eigenvalue weighted by atomic mass is 10.2. The van der Waals surface area contributed by atoms with Crippen LogP contribution in [0.3, 0.4) is 0 Å². The van der Waals surface area contributed by atoms with E-state index in [0.29, 0.717) is 0 Å². The quantitative estimate of drug-likeness (QED) is 0.307. The van der Waals surface area contributed by atoms with E-state index < -0.39 is 0 Å². The van der Waals surface area contributed by atoms with E-state index in [2.05, 4.69) is 69.0 Å². The van der Waals surface area contributed by atoms with Crippen LogP contribution in [0.15, 0.2) is 21.7 Å². The molecule has 116 valence electrons. The van der Waals surface area contributed by atoms with Gasteiger partial charge in [0.2, 0.25) is 0 Å². The highest BCUT2D eigenvalue weighted by atomic mass is 127. The van der Waals surface area contributed by atoms with Crippen LogP contribution in [0.25, 0.3) is 0 Å². The average molecular weight is 457 g/mol. The lowest BCUT2D eigenvalue weighted by molar-refractivity contribution is 0.460. The van der Waals surface area contributed by atoms with Crippen LogP contribution in [-0.4, -0.2) is 36.1 Å². The molecule has 0 spiro atoms. The van der Waals surface area contributed by atoms with E-state index in [1.807, 2.05) is 7.05 Å². The van der Waals surface area contributed by atoms with Crippen LogP contribution in [0.2, 0.25) is 0 Å². The van der Waals surface area contributed by atoms with Crippen molar-refractivity contribution in [3.63, 3.8) is 0 Å². The summed E-state index contributed by atoms with van der Waals surface area (Å²) in [7, 11) is 5.96. The molecule has 0 unspecified atom stereocenters. The molecule has 0 aromatic carbocycles. The number of halogens is 2. The molecule has 1 aromatic heterocycles. The van der Waals surface area contributed by atoms with E-state index in [9.17, 15) is 0 Å². The number of rotatable bonds is 6. The lowest BCUT2D eigenvalue weighted by Gasteiger charge is -2.22. The minimum Gasteiger partial charge on any atom is -0.356 e. The zero-order chi connectivity index (χ0) is 14.3. The van der Waals surface area contributed by atoms with Gasteiger partial charge in [-0.1, -0.05) is 19.8 Å². The first-order valence-electron chi connectivity index (χ1n) is 6.81. The molecule has 0 aliphatic heterocycles. The Morgan fingerprint density at radius 3 is 2.65 bits per heavy atom. The Labute approximate surface area is 148 Å². The van der Waals surface area contributed by atoms with Crippen LogP contribution in [-0.2, 0) is 13.6 Å². The summed E-state index contributed by atoms with van der Waals surface area (Å²) in [6.07, 6.45) is 5.77. The van der Waals surface area contributed by atoms with Crippen LogP contribution >= 0.6 is 39.9 Å². The van der Waals surface area contributed by atoms with Crippen molar-refractivity contribution < 1.29 is 0 Å². The SMILES string of the molecule is CCCCCNC(=NC)N(C)Cc1cc(Br)cn1C.I.